The van der Waals surface area contributed by atoms with Crippen LogP contribution in [0.25, 0.3) is 0 Å². The number of nitrogens with zero attached hydrogens (tertiary/aromatic N) is 1. The first-order chi connectivity index (χ1) is 7.24. The highest BCUT2D eigenvalue weighted by molar-refractivity contribution is 5.20. The van der Waals surface area contributed by atoms with Crippen molar-refractivity contribution in [3.8, 4) is 5.88 Å². The summed E-state index contributed by atoms with van der Waals surface area (Å²) in [6.07, 6.45) is 1.15. The highest BCUT2D eigenvalue weighted by atomic mass is 19.1. The number of rotatable bonds is 4. The summed E-state index contributed by atoms with van der Waals surface area (Å²) in [6, 6.07) is 1.56. The lowest BCUT2D eigenvalue weighted by atomic mass is 10.3. The maximum absolute atomic E-state index is 12.7. The van der Waals surface area contributed by atoms with Crippen LogP contribution in [-0.4, -0.2) is 25.3 Å². The van der Waals surface area contributed by atoms with Crippen molar-refractivity contribution in [2.75, 3.05) is 20.3 Å². The fourth-order valence-corrected chi connectivity index (χ4v) is 0.822. The Labute approximate surface area is 90.2 Å². The van der Waals surface area contributed by atoms with Gasteiger partial charge in [-0.15, -0.1) is 0 Å². The first-order valence-electron chi connectivity index (χ1n) is 4.98. The van der Waals surface area contributed by atoms with E-state index in [0.29, 0.717) is 24.7 Å². The van der Waals surface area contributed by atoms with Crippen molar-refractivity contribution in [2.45, 2.75) is 20.8 Å². The smallest absolute Gasteiger partial charge is 0.213 e. The lowest BCUT2D eigenvalue weighted by Gasteiger charge is -2.04. The van der Waals surface area contributed by atoms with Crippen LogP contribution in [0, 0.1) is 12.7 Å². The molecule has 0 saturated carbocycles. The van der Waals surface area contributed by atoms with Crippen molar-refractivity contribution in [3.63, 3.8) is 0 Å². The van der Waals surface area contributed by atoms with E-state index in [-0.39, 0.29) is 5.82 Å². The second-order valence-corrected chi connectivity index (χ2v) is 2.61. The summed E-state index contributed by atoms with van der Waals surface area (Å²) in [5, 5.41) is 0. The van der Waals surface area contributed by atoms with E-state index in [1.807, 2.05) is 13.8 Å². The van der Waals surface area contributed by atoms with Crippen molar-refractivity contribution in [2.24, 2.45) is 0 Å². The molecule has 1 heterocycles. The summed E-state index contributed by atoms with van der Waals surface area (Å²) < 4.78 is 22.7. The van der Waals surface area contributed by atoms with Gasteiger partial charge < -0.3 is 9.47 Å². The molecule has 0 spiro atoms. The topological polar surface area (TPSA) is 31.4 Å². The van der Waals surface area contributed by atoms with Gasteiger partial charge >= 0.3 is 0 Å². The van der Waals surface area contributed by atoms with Crippen LogP contribution in [0.4, 0.5) is 4.39 Å². The molecular formula is C11H18FNO2. The van der Waals surface area contributed by atoms with Crippen LogP contribution in [-0.2, 0) is 4.74 Å². The molecule has 0 fully saturated rings. The number of hydrogen-bond acceptors (Lipinski definition) is 3. The molecule has 1 aromatic rings. The van der Waals surface area contributed by atoms with Crippen LogP contribution in [0.1, 0.15) is 19.4 Å². The van der Waals surface area contributed by atoms with Crippen LogP contribution in [0.2, 0.25) is 0 Å². The average molecular weight is 215 g/mol. The molecule has 86 valence electrons. The quantitative estimate of drug-likeness (QED) is 0.723. The maximum atomic E-state index is 12.7. The highest BCUT2D eigenvalue weighted by Gasteiger charge is 2.00. The van der Waals surface area contributed by atoms with Gasteiger partial charge in [-0.3, -0.25) is 0 Å². The van der Waals surface area contributed by atoms with Crippen molar-refractivity contribution in [1.82, 2.24) is 4.98 Å². The Kier molecular flexibility index (Phi) is 7.54. The van der Waals surface area contributed by atoms with E-state index in [1.165, 1.54) is 0 Å². The number of aryl methyl sites for hydroxylation is 1. The van der Waals surface area contributed by atoms with Crippen LogP contribution in [0.3, 0.4) is 0 Å². The van der Waals surface area contributed by atoms with Crippen LogP contribution < -0.4 is 4.74 Å². The van der Waals surface area contributed by atoms with E-state index in [0.717, 1.165) is 6.20 Å². The molecule has 1 aromatic heterocycles. The number of hydrogen-bond donors (Lipinski definition) is 0. The van der Waals surface area contributed by atoms with Crippen LogP contribution >= 0.6 is 0 Å². The Bertz CT molecular complexity index is 279. The molecule has 0 saturated heterocycles. The number of halogens is 1. The van der Waals surface area contributed by atoms with Crippen molar-refractivity contribution in [3.05, 3.63) is 23.6 Å². The average Bonchev–Trinajstić information content (AvgIpc) is 2.27. The highest BCUT2D eigenvalue weighted by Crippen LogP contribution is 2.11. The molecule has 1 rings (SSSR count). The molecule has 0 N–H and O–H groups in total. The van der Waals surface area contributed by atoms with E-state index in [4.69, 9.17) is 9.47 Å². The summed E-state index contributed by atoms with van der Waals surface area (Å²) in [6.45, 7) is 6.59. The standard InChI is InChI=1S/C9H12FNO2.C2H6/c1-7-5-9(11-6-8(7)10)13-4-3-12-2;1-2/h5-6H,3-4H2,1-2H3;1-2H3. The first-order valence-corrected chi connectivity index (χ1v) is 4.98. The van der Waals surface area contributed by atoms with Crippen LogP contribution in [0.5, 0.6) is 5.88 Å². The Morgan fingerprint density at radius 1 is 1.33 bits per heavy atom. The fourth-order valence-electron chi connectivity index (χ4n) is 0.822. The van der Waals surface area contributed by atoms with Gasteiger partial charge in [-0.05, 0) is 12.5 Å². The first kappa shape index (κ1) is 13.8. The maximum Gasteiger partial charge on any atom is 0.213 e. The van der Waals surface area contributed by atoms with Gasteiger partial charge in [0, 0.05) is 13.2 Å². The molecule has 0 aliphatic carbocycles. The molecule has 0 aliphatic heterocycles. The molecule has 15 heavy (non-hydrogen) atoms. The summed E-state index contributed by atoms with van der Waals surface area (Å²) >= 11 is 0. The van der Waals surface area contributed by atoms with Gasteiger partial charge in [0.2, 0.25) is 5.88 Å². The number of aromatic nitrogens is 1. The van der Waals surface area contributed by atoms with E-state index >= 15 is 0 Å². The number of pyridine rings is 1. The molecule has 0 amide bonds. The molecule has 0 aliphatic rings. The lowest BCUT2D eigenvalue weighted by molar-refractivity contribution is 0.143. The van der Waals surface area contributed by atoms with Gasteiger partial charge in [-0.25, -0.2) is 9.37 Å². The van der Waals surface area contributed by atoms with E-state index in [9.17, 15) is 4.39 Å². The van der Waals surface area contributed by atoms with Crippen LogP contribution in [0.15, 0.2) is 12.3 Å². The van der Waals surface area contributed by atoms with Crippen molar-refractivity contribution in [1.29, 1.82) is 0 Å². The molecule has 0 atom stereocenters. The number of methoxy groups -OCH3 is 1. The molecule has 0 aromatic carbocycles. The number of ether oxygens (including phenoxy) is 2. The SMILES string of the molecule is CC.COCCOc1cc(C)c(F)cn1. The minimum absolute atomic E-state index is 0.320. The molecule has 3 nitrogen and oxygen atoms in total. The fraction of sp³-hybridized carbons (Fsp3) is 0.545. The molecule has 0 radical (unpaired) electrons. The third-order valence-corrected chi connectivity index (χ3v) is 1.56. The third-order valence-electron chi connectivity index (χ3n) is 1.56. The summed E-state index contributed by atoms with van der Waals surface area (Å²) in [5.41, 5.74) is 0.530. The predicted octanol–water partition coefficient (Wildman–Crippen LogP) is 2.58. The third kappa shape index (κ3) is 5.32. The lowest BCUT2D eigenvalue weighted by Crippen LogP contribution is -2.05. The molecule has 0 bridgehead atoms. The Balaban J connectivity index is 0.000000921. The Morgan fingerprint density at radius 2 is 2.00 bits per heavy atom. The normalized spacial score (nSPS) is 9.13. The molecule has 4 heteroatoms. The van der Waals surface area contributed by atoms with E-state index in [2.05, 4.69) is 4.98 Å². The van der Waals surface area contributed by atoms with Crippen molar-refractivity contribution < 1.29 is 13.9 Å². The summed E-state index contributed by atoms with van der Waals surface area (Å²) in [7, 11) is 1.59. The van der Waals surface area contributed by atoms with Gasteiger partial charge in [0.1, 0.15) is 12.4 Å². The monoisotopic (exact) mass is 215 g/mol. The molecular weight excluding hydrogens is 197 g/mol. The zero-order valence-corrected chi connectivity index (χ0v) is 9.71. The second-order valence-electron chi connectivity index (χ2n) is 2.61. The zero-order chi connectivity index (χ0) is 11.7. The minimum atomic E-state index is -0.320. The largest absolute Gasteiger partial charge is 0.475 e. The minimum Gasteiger partial charge on any atom is -0.475 e. The van der Waals surface area contributed by atoms with E-state index < -0.39 is 0 Å². The molecule has 0 unspecified atom stereocenters. The second kappa shape index (κ2) is 8.17. The zero-order valence-electron chi connectivity index (χ0n) is 9.71. The summed E-state index contributed by atoms with van der Waals surface area (Å²) in [4.78, 5) is 3.76. The van der Waals surface area contributed by atoms with Gasteiger partial charge in [0.25, 0.3) is 0 Å². The van der Waals surface area contributed by atoms with Gasteiger partial charge in [0.05, 0.1) is 12.8 Å². The van der Waals surface area contributed by atoms with Gasteiger partial charge in [-0.1, -0.05) is 13.8 Å². The van der Waals surface area contributed by atoms with E-state index in [1.54, 1.807) is 20.1 Å². The van der Waals surface area contributed by atoms with Crippen molar-refractivity contribution >= 4 is 0 Å². The van der Waals surface area contributed by atoms with Gasteiger partial charge in [-0.2, -0.15) is 0 Å². The Hall–Kier alpha value is -1.16. The summed E-state index contributed by atoms with van der Waals surface area (Å²) in [5.74, 6) is 0.107. The predicted molar refractivity (Wildman–Crippen MR) is 57.7 cm³/mol. The van der Waals surface area contributed by atoms with Gasteiger partial charge in [0.15, 0.2) is 0 Å². The Morgan fingerprint density at radius 3 is 2.53 bits per heavy atom.